The number of hydroxylamine groups is 2. The van der Waals surface area contributed by atoms with Crippen LogP contribution in [0.25, 0.3) is 0 Å². The van der Waals surface area contributed by atoms with Gasteiger partial charge in [0.1, 0.15) is 5.01 Å². The number of piperidine rings is 1. The number of carbonyl (C=O) groups excluding carboxylic acids is 1. The number of carbonyl (C=O) groups is 1. The van der Waals surface area contributed by atoms with Crippen molar-refractivity contribution in [1.82, 2.24) is 15.3 Å². The molecule has 4 rings (SSSR count). The van der Waals surface area contributed by atoms with Crippen LogP contribution in [0.5, 0.6) is 0 Å². The summed E-state index contributed by atoms with van der Waals surface area (Å²) in [5, 5.41) is 11.8. The van der Waals surface area contributed by atoms with Gasteiger partial charge in [-0.2, -0.15) is 0 Å². The molecule has 0 unspecified atom stereocenters. The van der Waals surface area contributed by atoms with Crippen LogP contribution in [0.3, 0.4) is 0 Å². The minimum atomic E-state index is -0.100. The SMILES string of the molecule is Cc1nnc(N2C[C@H](C(=O)N3CCCCO3)C[C@H]3OCC[C@H]32)s1. The van der Waals surface area contributed by atoms with Gasteiger partial charge in [0.25, 0.3) is 5.91 Å². The summed E-state index contributed by atoms with van der Waals surface area (Å²) in [6.07, 6.45) is 3.91. The van der Waals surface area contributed by atoms with Crippen LogP contribution in [-0.2, 0) is 14.4 Å². The van der Waals surface area contributed by atoms with Crippen LogP contribution in [-0.4, -0.2) is 59.6 Å². The van der Waals surface area contributed by atoms with E-state index >= 15 is 0 Å². The third-order valence-electron chi connectivity index (χ3n) is 4.87. The minimum Gasteiger partial charge on any atom is -0.376 e. The Morgan fingerprint density at radius 1 is 1.30 bits per heavy atom. The van der Waals surface area contributed by atoms with Crippen LogP contribution in [0.4, 0.5) is 5.13 Å². The molecule has 0 saturated carbocycles. The predicted octanol–water partition coefficient (Wildman–Crippen LogP) is 1.38. The number of aryl methyl sites for hydroxylation is 1. The second kappa shape index (κ2) is 6.33. The molecule has 1 amide bonds. The molecule has 0 aliphatic carbocycles. The van der Waals surface area contributed by atoms with Gasteiger partial charge in [-0.1, -0.05) is 11.3 Å². The highest BCUT2D eigenvalue weighted by atomic mass is 32.1. The Morgan fingerprint density at radius 3 is 2.96 bits per heavy atom. The second-order valence-corrected chi connectivity index (χ2v) is 7.59. The van der Waals surface area contributed by atoms with Gasteiger partial charge >= 0.3 is 0 Å². The number of amides is 1. The first kappa shape index (κ1) is 15.3. The van der Waals surface area contributed by atoms with Crippen LogP contribution in [0.2, 0.25) is 0 Å². The summed E-state index contributed by atoms with van der Waals surface area (Å²) < 4.78 is 5.89. The molecule has 126 valence electrons. The third-order valence-corrected chi connectivity index (χ3v) is 5.74. The number of aromatic nitrogens is 2. The molecule has 3 saturated heterocycles. The first-order valence-corrected chi connectivity index (χ1v) is 9.16. The van der Waals surface area contributed by atoms with Crippen LogP contribution >= 0.6 is 11.3 Å². The average molecular weight is 338 g/mol. The first-order chi connectivity index (χ1) is 11.2. The Bertz CT molecular complexity index is 575. The van der Waals surface area contributed by atoms with E-state index < -0.39 is 0 Å². The third kappa shape index (κ3) is 2.95. The molecule has 0 radical (unpaired) electrons. The molecule has 7 nitrogen and oxygen atoms in total. The van der Waals surface area contributed by atoms with E-state index in [0.717, 1.165) is 42.4 Å². The van der Waals surface area contributed by atoms with E-state index in [1.54, 1.807) is 16.4 Å². The lowest BCUT2D eigenvalue weighted by molar-refractivity contribution is -0.202. The zero-order valence-electron chi connectivity index (χ0n) is 13.3. The normalized spacial score (nSPS) is 31.3. The van der Waals surface area contributed by atoms with E-state index in [2.05, 4.69) is 15.1 Å². The van der Waals surface area contributed by atoms with Crippen molar-refractivity contribution in [2.75, 3.05) is 31.2 Å². The molecule has 3 atom stereocenters. The standard InChI is InChI=1S/C15H22N4O3S/c1-10-16-17-15(23-10)18-9-11(8-13-12(18)4-7-21-13)14(20)19-5-2-3-6-22-19/h11-13H,2-9H2,1H3/t11-,12-,13-/m1/s1. The van der Waals surface area contributed by atoms with Crippen LogP contribution in [0.1, 0.15) is 30.7 Å². The smallest absolute Gasteiger partial charge is 0.251 e. The van der Waals surface area contributed by atoms with Crippen LogP contribution < -0.4 is 4.90 Å². The quantitative estimate of drug-likeness (QED) is 0.812. The van der Waals surface area contributed by atoms with Crippen LogP contribution in [0, 0.1) is 12.8 Å². The predicted molar refractivity (Wildman–Crippen MR) is 85.1 cm³/mol. The molecule has 23 heavy (non-hydrogen) atoms. The topological polar surface area (TPSA) is 67.8 Å². The Balaban J connectivity index is 1.53. The molecule has 3 aliphatic rings. The lowest BCUT2D eigenvalue weighted by Crippen LogP contribution is -2.54. The Labute approximate surface area is 139 Å². The van der Waals surface area contributed by atoms with Crippen molar-refractivity contribution in [2.24, 2.45) is 5.92 Å². The van der Waals surface area contributed by atoms with Gasteiger partial charge in [0.2, 0.25) is 5.13 Å². The van der Waals surface area contributed by atoms with Gasteiger partial charge in [-0.25, -0.2) is 5.06 Å². The number of nitrogens with zero attached hydrogens (tertiary/aromatic N) is 4. The molecule has 1 aromatic rings. The van der Waals surface area contributed by atoms with Crippen molar-refractivity contribution in [1.29, 1.82) is 0 Å². The van der Waals surface area contributed by atoms with Crippen molar-refractivity contribution >= 4 is 22.4 Å². The van der Waals surface area contributed by atoms with E-state index in [9.17, 15) is 4.79 Å². The number of hydrogen-bond donors (Lipinski definition) is 0. The average Bonchev–Trinajstić information content (AvgIpc) is 3.22. The van der Waals surface area contributed by atoms with E-state index in [4.69, 9.17) is 9.57 Å². The molecule has 0 bridgehead atoms. The number of rotatable bonds is 2. The zero-order chi connectivity index (χ0) is 15.8. The summed E-state index contributed by atoms with van der Waals surface area (Å²) in [4.78, 5) is 20.6. The maximum absolute atomic E-state index is 12.8. The number of anilines is 1. The lowest BCUT2D eigenvalue weighted by Gasteiger charge is -2.41. The van der Waals surface area contributed by atoms with E-state index in [0.29, 0.717) is 25.7 Å². The van der Waals surface area contributed by atoms with Gasteiger partial charge in [0, 0.05) is 19.7 Å². The number of ether oxygens (including phenoxy) is 1. The first-order valence-electron chi connectivity index (χ1n) is 8.35. The van der Waals surface area contributed by atoms with Crippen molar-refractivity contribution < 1.29 is 14.4 Å². The molecule has 3 aliphatic heterocycles. The highest BCUT2D eigenvalue weighted by molar-refractivity contribution is 7.15. The Hall–Kier alpha value is -1.25. The van der Waals surface area contributed by atoms with Crippen molar-refractivity contribution in [2.45, 2.75) is 44.8 Å². The van der Waals surface area contributed by atoms with Gasteiger partial charge in [-0.3, -0.25) is 9.63 Å². The van der Waals surface area contributed by atoms with Crippen LogP contribution in [0.15, 0.2) is 0 Å². The fraction of sp³-hybridized carbons (Fsp3) is 0.800. The highest BCUT2D eigenvalue weighted by Crippen LogP contribution is 2.36. The number of hydrogen-bond acceptors (Lipinski definition) is 7. The summed E-state index contributed by atoms with van der Waals surface area (Å²) in [6, 6.07) is 0.314. The van der Waals surface area contributed by atoms with Crippen molar-refractivity contribution in [3.05, 3.63) is 5.01 Å². The molecule has 0 N–H and O–H groups in total. The fourth-order valence-corrected chi connectivity index (χ4v) is 4.48. The van der Waals surface area contributed by atoms with E-state index in [-0.39, 0.29) is 17.9 Å². The Morgan fingerprint density at radius 2 is 2.22 bits per heavy atom. The van der Waals surface area contributed by atoms with Gasteiger partial charge in [-0.05, 0) is 32.6 Å². The maximum atomic E-state index is 12.8. The summed E-state index contributed by atoms with van der Waals surface area (Å²) in [5.74, 6) is -0.0125. The summed E-state index contributed by atoms with van der Waals surface area (Å²) >= 11 is 1.58. The van der Waals surface area contributed by atoms with Gasteiger partial charge < -0.3 is 9.64 Å². The molecule has 3 fully saturated rings. The summed E-state index contributed by atoms with van der Waals surface area (Å²) in [7, 11) is 0. The summed E-state index contributed by atoms with van der Waals surface area (Å²) in [6.45, 7) is 4.73. The Kier molecular flexibility index (Phi) is 4.21. The fourth-order valence-electron chi connectivity index (χ4n) is 3.72. The number of fused-ring (bicyclic) bond motifs is 1. The van der Waals surface area contributed by atoms with Gasteiger partial charge in [-0.15, -0.1) is 10.2 Å². The molecule has 4 heterocycles. The van der Waals surface area contributed by atoms with E-state index in [1.165, 1.54) is 0 Å². The molecular formula is C15H22N4O3S. The molecular weight excluding hydrogens is 316 g/mol. The minimum absolute atomic E-state index is 0.0879. The second-order valence-electron chi connectivity index (χ2n) is 6.43. The van der Waals surface area contributed by atoms with Crippen molar-refractivity contribution in [3.8, 4) is 0 Å². The highest BCUT2D eigenvalue weighted by Gasteiger charge is 2.44. The lowest BCUT2D eigenvalue weighted by atomic mass is 9.89. The van der Waals surface area contributed by atoms with Gasteiger partial charge in [0.05, 0.1) is 24.7 Å². The maximum Gasteiger partial charge on any atom is 0.251 e. The van der Waals surface area contributed by atoms with E-state index in [1.807, 2.05) is 6.92 Å². The van der Waals surface area contributed by atoms with Gasteiger partial charge in [0.15, 0.2) is 0 Å². The largest absolute Gasteiger partial charge is 0.376 e. The summed E-state index contributed by atoms with van der Waals surface area (Å²) in [5.41, 5.74) is 0. The molecule has 0 aromatic carbocycles. The molecule has 8 heteroatoms. The molecule has 0 spiro atoms. The monoisotopic (exact) mass is 338 g/mol. The molecule has 1 aromatic heterocycles. The zero-order valence-corrected chi connectivity index (χ0v) is 14.1. The van der Waals surface area contributed by atoms with Crippen molar-refractivity contribution in [3.63, 3.8) is 0 Å².